The Bertz CT molecular complexity index is 1150. The summed E-state index contributed by atoms with van der Waals surface area (Å²) in [5.41, 5.74) is 10.3. The Morgan fingerprint density at radius 1 is 0.970 bits per heavy atom. The van der Waals surface area contributed by atoms with Gasteiger partial charge in [-0.1, -0.05) is 48.5 Å². The molecule has 3 aromatic carbocycles. The molecule has 0 fully saturated rings. The van der Waals surface area contributed by atoms with Crippen LogP contribution < -0.4 is 11.1 Å². The fraction of sp³-hybridized carbons (Fsp3) is 0.200. The molecule has 4 rings (SSSR count). The third kappa shape index (κ3) is 4.52. The van der Waals surface area contributed by atoms with E-state index in [9.17, 15) is 19.8 Å². The van der Waals surface area contributed by atoms with Gasteiger partial charge in [-0.3, -0.25) is 0 Å². The maximum atomic E-state index is 12.3. The molecule has 0 aromatic heterocycles. The summed E-state index contributed by atoms with van der Waals surface area (Å²) in [5.74, 6) is -1.29. The normalized spacial score (nSPS) is 14.1. The Balaban J connectivity index is 1.36. The van der Waals surface area contributed by atoms with Gasteiger partial charge in [0.25, 0.3) is 0 Å². The second-order valence-corrected chi connectivity index (χ2v) is 7.87. The zero-order chi connectivity index (χ0) is 23.5. The summed E-state index contributed by atoms with van der Waals surface area (Å²) in [7, 11) is 0. The minimum Gasteiger partial charge on any atom is -0.478 e. The number of carbonyl (C=O) groups excluding carboxylic acids is 1. The van der Waals surface area contributed by atoms with Gasteiger partial charge in [-0.2, -0.15) is 0 Å². The van der Waals surface area contributed by atoms with Crippen LogP contribution in [0.15, 0.2) is 66.7 Å². The molecule has 3 aromatic rings. The van der Waals surface area contributed by atoms with E-state index in [4.69, 9.17) is 15.6 Å². The molecule has 170 valence electrons. The molecular weight excluding hydrogens is 424 g/mol. The van der Waals surface area contributed by atoms with Crippen LogP contribution in [0.4, 0.5) is 10.5 Å². The zero-order valence-electron chi connectivity index (χ0n) is 17.6. The molecule has 6 N–H and O–H groups in total. The maximum Gasteiger partial charge on any atom is 0.407 e. The van der Waals surface area contributed by atoms with Gasteiger partial charge in [-0.25, -0.2) is 9.59 Å². The van der Waals surface area contributed by atoms with E-state index in [-0.39, 0.29) is 35.9 Å². The number of aliphatic hydroxyl groups excluding tert-OH is 2. The van der Waals surface area contributed by atoms with Crippen LogP contribution in [0.1, 0.15) is 39.1 Å². The molecule has 1 aliphatic carbocycles. The topological polar surface area (TPSA) is 142 Å². The smallest absolute Gasteiger partial charge is 0.407 e. The van der Waals surface area contributed by atoms with Crippen LogP contribution in [-0.4, -0.2) is 46.6 Å². The number of aliphatic hydroxyl groups is 2. The van der Waals surface area contributed by atoms with Crippen molar-refractivity contribution >= 4 is 17.7 Å². The Kier molecular flexibility index (Phi) is 6.30. The largest absolute Gasteiger partial charge is 0.478 e. The highest BCUT2D eigenvalue weighted by Crippen LogP contribution is 2.44. The number of fused-ring (bicyclic) bond motifs is 3. The molecule has 0 radical (unpaired) electrons. The summed E-state index contributed by atoms with van der Waals surface area (Å²) in [6.45, 7) is -0.194. The highest BCUT2D eigenvalue weighted by atomic mass is 16.5. The van der Waals surface area contributed by atoms with Crippen molar-refractivity contribution in [3.8, 4) is 11.1 Å². The van der Waals surface area contributed by atoms with Gasteiger partial charge in [0.1, 0.15) is 18.8 Å². The van der Waals surface area contributed by atoms with E-state index in [0.29, 0.717) is 0 Å². The number of aromatic carboxylic acids is 1. The highest BCUT2D eigenvalue weighted by Gasteiger charge is 2.29. The van der Waals surface area contributed by atoms with Crippen molar-refractivity contribution in [1.29, 1.82) is 0 Å². The molecule has 8 nitrogen and oxygen atoms in total. The van der Waals surface area contributed by atoms with Gasteiger partial charge < -0.3 is 31.1 Å². The number of hydrogen-bond donors (Lipinski definition) is 5. The summed E-state index contributed by atoms with van der Waals surface area (Å²) < 4.78 is 5.40. The molecule has 2 unspecified atom stereocenters. The lowest BCUT2D eigenvalue weighted by molar-refractivity contribution is 0.0189. The number of ether oxygens (including phenoxy) is 1. The number of nitrogen functional groups attached to an aromatic ring is 1. The van der Waals surface area contributed by atoms with Crippen LogP contribution in [-0.2, 0) is 4.74 Å². The Hall–Kier alpha value is -3.88. The lowest BCUT2D eigenvalue weighted by Gasteiger charge is -2.21. The van der Waals surface area contributed by atoms with Crippen molar-refractivity contribution < 1.29 is 29.6 Å². The first-order valence-electron chi connectivity index (χ1n) is 10.4. The van der Waals surface area contributed by atoms with Crippen LogP contribution in [0.5, 0.6) is 0 Å². The second kappa shape index (κ2) is 9.32. The first-order valence-corrected chi connectivity index (χ1v) is 10.4. The number of carboxylic acid groups (broad SMARTS) is 1. The highest BCUT2D eigenvalue weighted by molar-refractivity contribution is 5.88. The predicted molar refractivity (Wildman–Crippen MR) is 122 cm³/mol. The number of carboxylic acids is 1. The Labute approximate surface area is 190 Å². The fourth-order valence-corrected chi connectivity index (χ4v) is 4.12. The fourth-order valence-electron chi connectivity index (χ4n) is 4.12. The molecule has 8 heteroatoms. The summed E-state index contributed by atoms with van der Waals surface area (Å²) in [4.78, 5) is 23.4. The minimum atomic E-state index is -1.49. The minimum absolute atomic E-state index is 0.0664. The zero-order valence-corrected chi connectivity index (χ0v) is 17.6. The first-order chi connectivity index (χ1) is 15.9. The molecule has 0 saturated carbocycles. The van der Waals surface area contributed by atoms with Gasteiger partial charge in [0.15, 0.2) is 0 Å². The van der Waals surface area contributed by atoms with Crippen molar-refractivity contribution in [2.45, 2.75) is 18.1 Å². The molecule has 0 heterocycles. The average Bonchev–Trinajstić information content (AvgIpc) is 3.14. The van der Waals surface area contributed by atoms with E-state index in [1.165, 1.54) is 18.2 Å². The van der Waals surface area contributed by atoms with Crippen LogP contribution in [0.3, 0.4) is 0 Å². The number of benzene rings is 3. The van der Waals surface area contributed by atoms with Gasteiger partial charge in [-0.05, 0) is 40.5 Å². The predicted octanol–water partition coefficient (Wildman–Crippen LogP) is 2.90. The second-order valence-electron chi connectivity index (χ2n) is 7.87. The van der Waals surface area contributed by atoms with E-state index >= 15 is 0 Å². The summed E-state index contributed by atoms with van der Waals surface area (Å²) in [5, 5.41) is 32.2. The molecule has 0 aliphatic heterocycles. The van der Waals surface area contributed by atoms with E-state index in [1.807, 2.05) is 48.5 Å². The monoisotopic (exact) mass is 448 g/mol. The molecule has 0 spiro atoms. The number of hydrogen-bond acceptors (Lipinski definition) is 6. The standard InChI is InChI=1S/C25H24N2O6/c26-21-10-9-14(24(30)31)11-19(21)23(29)22(28)12-27-25(32)33-13-20-17-7-3-1-5-15(17)16-6-2-4-8-18(16)20/h1-11,20,22-23,28-29H,12-13,26H2,(H,27,32)(H,30,31). The Morgan fingerprint density at radius 2 is 1.58 bits per heavy atom. The molecule has 0 bridgehead atoms. The number of carbonyl (C=O) groups is 2. The lowest BCUT2D eigenvalue weighted by Crippen LogP contribution is -2.36. The maximum absolute atomic E-state index is 12.3. The quantitative estimate of drug-likeness (QED) is 0.350. The molecular formula is C25H24N2O6. The SMILES string of the molecule is Nc1ccc(C(=O)O)cc1C(O)C(O)CNC(=O)OCC1c2ccccc2-c2ccccc21. The number of rotatable bonds is 7. The van der Waals surface area contributed by atoms with Crippen molar-refractivity contribution in [1.82, 2.24) is 5.32 Å². The van der Waals surface area contributed by atoms with Crippen LogP contribution in [0.25, 0.3) is 11.1 Å². The van der Waals surface area contributed by atoms with Gasteiger partial charge >= 0.3 is 12.1 Å². The van der Waals surface area contributed by atoms with Gasteiger partial charge in [0.2, 0.25) is 0 Å². The van der Waals surface area contributed by atoms with Gasteiger partial charge in [0, 0.05) is 23.7 Å². The van der Waals surface area contributed by atoms with Gasteiger partial charge in [0.05, 0.1) is 5.56 Å². The van der Waals surface area contributed by atoms with Crippen LogP contribution >= 0.6 is 0 Å². The van der Waals surface area contributed by atoms with E-state index in [2.05, 4.69) is 5.32 Å². The average molecular weight is 448 g/mol. The van der Waals surface area contributed by atoms with Crippen molar-refractivity contribution in [2.24, 2.45) is 0 Å². The number of nitrogens with one attached hydrogen (secondary N) is 1. The van der Waals surface area contributed by atoms with Gasteiger partial charge in [-0.15, -0.1) is 0 Å². The Morgan fingerprint density at radius 3 is 2.18 bits per heavy atom. The van der Waals surface area contributed by atoms with E-state index < -0.39 is 24.3 Å². The van der Waals surface area contributed by atoms with Crippen LogP contribution in [0, 0.1) is 0 Å². The lowest BCUT2D eigenvalue weighted by atomic mass is 9.98. The first kappa shape index (κ1) is 22.3. The van der Waals surface area contributed by atoms with Crippen molar-refractivity contribution in [3.63, 3.8) is 0 Å². The molecule has 33 heavy (non-hydrogen) atoms. The summed E-state index contributed by atoms with van der Waals surface area (Å²) in [6.07, 6.45) is -3.65. The number of amides is 1. The molecule has 1 aliphatic rings. The van der Waals surface area contributed by atoms with Crippen LogP contribution in [0.2, 0.25) is 0 Å². The number of anilines is 1. The van der Waals surface area contributed by atoms with Crippen molar-refractivity contribution in [3.05, 3.63) is 89.0 Å². The number of nitrogens with two attached hydrogens (primary N) is 1. The van der Waals surface area contributed by atoms with Crippen molar-refractivity contribution in [2.75, 3.05) is 18.9 Å². The summed E-state index contributed by atoms with van der Waals surface area (Å²) >= 11 is 0. The van der Waals surface area contributed by atoms with E-state index in [0.717, 1.165) is 22.3 Å². The third-order valence-electron chi connectivity index (χ3n) is 5.82. The molecule has 1 amide bonds. The number of alkyl carbamates (subject to hydrolysis) is 1. The summed E-state index contributed by atoms with van der Waals surface area (Å²) in [6, 6.07) is 19.8. The van der Waals surface area contributed by atoms with E-state index in [1.54, 1.807) is 0 Å². The molecule has 2 atom stereocenters. The third-order valence-corrected chi connectivity index (χ3v) is 5.82. The molecule has 0 saturated heterocycles.